The topological polar surface area (TPSA) is 0 Å². The van der Waals surface area contributed by atoms with Crippen molar-refractivity contribution in [2.45, 2.75) is 0 Å². The molecule has 0 bridgehead atoms. The Bertz CT molecular complexity index is 40.7. The van der Waals surface area contributed by atoms with Crippen molar-refractivity contribution >= 4 is 262 Å². The van der Waals surface area contributed by atoms with Crippen LogP contribution in [0, 0.1) is 0 Å². The van der Waals surface area contributed by atoms with Crippen LogP contribution in [0.2, 0.25) is 0 Å². The second-order valence-corrected chi connectivity index (χ2v) is 0. The van der Waals surface area contributed by atoms with E-state index in [2.05, 4.69) is 218 Å². The van der Waals surface area contributed by atoms with E-state index >= 15 is 0 Å². The molecule has 0 unspecified atom stereocenters. The fourth-order valence-electron chi connectivity index (χ4n) is 0. The maximum absolute atomic E-state index is 2.56. The summed E-state index contributed by atoms with van der Waals surface area (Å²) >= 11 is 38.0. The van der Waals surface area contributed by atoms with Crippen LogP contribution in [0.25, 0.3) is 0 Å². The van der Waals surface area contributed by atoms with Crippen molar-refractivity contribution in [2.75, 3.05) is 0 Å². The predicted molar refractivity (Wildman–Crippen MR) is 115 cm³/mol. The predicted octanol–water partition coefficient (Wildman–Crippen LogP) is -9.00. The average Bonchev–Trinajstić information content (AvgIpc) is 2.54. The van der Waals surface area contributed by atoms with Crippen molar-refractivity contribution in [1.29, 1.82) is 0 Å². The van der Waals surface area contributed by atoms with Gasteiger partial charge in [0.25, 0.3) is 0 Å². The summed E-state index contributed by atoms with van der Waals surface area (Å²) < 4.78 is 0. The van der Waals surface area contributed by atoms with E-state index in [4.69, 9.17) is 0 Å². The minimum atomic E-state index is 0. The Hall–Kier alpha value is 10.2. The molecule has 0 aliphatic carbocycles. The van der Waals surface area contributed by atoms with Gasteiger partial charge < -0.3 is 0 Å². The Morgan fingerprint density at radius 3 is 0.316 bits per heavy atom. The second kappa shape index (κ2) is 200. The van der Waals surface area contributed by atoms with Gasteiger partial charge in [-0.1, -0.05) is 0 Å². The van der Waals surface area contributed by atoms with Crippen LogP contribution in [-0.2, 0) is 17.1 Å². The van der Waals surface area contributed by atoms with Crippen LogP contribution in [0.4, 0.5) is 0 Å². The Labute approximate surface area is 271 Å². The second-order valence-electron chi connectivity index (χ2n) is 0. The van der Waals surface area contributed by atoms with E-state index in [9.17, 15) is 0 Å². The van der Waals surface area contributed by atoms with Gasteiger partial charge in [-0.3, -0.25) is 0 Å². The van der Waals surface area contributed by atoms with Gasteiger partial charge in [0.2, 0.25) is 0 Å². The van der Waals surface area contributed by atoms with E-state index in [1.807, 2.05) is 0 Å². The molecule has 0 aromatic rings. The zero-order valence-electron chi connectivity index (χ0n) is 8.30. The molecule has 0 spiro atoms. The molecule has 0 saturated carbocycles. The van der Waals surface area contributed by atoms with E-state index in [1.165, 1.54) is 0 Å². The molecule has 0 N–H and O–H groups in total. The van der Waals surface area contributed by atoms with Crippen LogP contribution in [0.3, 0.4) is 0 Å². The van der Waals surface area contributed by atoms with Crippen LogP contribution in [0.1, 0.15) is 0 Å². The normalized spacial score (nSPS) is 2.11. The van der Waals surface area contributed by atoms with E-state index in [0.717, 1.165) is 0 Å². The molecular formula is H8AlCuInSe16. The summed E-state index contributed by atoms with van der Waals surface area (Å²) in [4.78, 5) is 0. The number of rotatable bonds is 0. The molecule has 0 heterocycles. The summed E-state index contributed by atoms with van der Waals surface area (Å²) in [5, 5.41) is 0. The summed E-state index contributed by atoms with van der Waals surface area (Å²) in [6.45, 7) is 0. The zero-order chi connectivity index (χ0) is 16.0. The van der Waals surface area contributed by atoms with Gasteiger partial charge >= 0.3 is 279 Å². The van der Waals surface area contributed by atoms with Crippen molar-refractivity contribution in [2.24, 2.45) is 0 Å². The number of hydrogen-bond acceptors (Lipinski definition) is 0. The van der Waals surface area contributed by atoms with Gasteiger partial charge in [-0.2, -0.15) is 0 Å². The average molecular weight is 1480 g/mol. The van der Waals surface area contributed by atoms with E-state index in [-0.39, 0.29) is 60.3 Å². The van der Waals surface area contributed by atoms with Gasteiger partial charge in [-0.15, -0.1) is 0 Å². The molecule has 0 nitrogen and oxygen atoms in total. The van der Waals surface area contributed by atoms with E-state index in [0.29, 0.717) is 0 Å². The summed E-state index contributed by atoms with van der Waals surface area (Å²) in [6.07, 6.45) is 0. The van der Waals surface area contributed by atoms with Gasteiger partial charge in [-0.25, -0.2) is 0 Å². The summed E-state index contributed by atoms with van der Waals surface area (Å²) in [7, 11) is 0. The first kappa shape index (κ1) is 70.1. The minimum absolute atomic E-state index is 0. The molecule has 121 valence electrons. The van der Waals surface area contributed by atoms with Gasteiger partial charge in [0.05, 0.1) is 0 Å². The van der Waals surface area contributed by atoms with Crippen molar-refractivity contribution in [3.8, 4) is 0 Å². The van der Waals surface area contributed by atoms with Crippen molar-refractivity contribution in [3.05, 3.63) is 0 Å². The van der Waals surface area contributed by atoms with Crippen LogP contribution in [-0.4, -0.2) is 262 Å². The quantitative estimate of drug-likeness (QED) is 0.212. The summed E-state index contributed by atoms with van der Waals surface area (Å²) in [5.41, 5.74) is 0. The van der Waals surface area contributed by atoms with E-state index < -0.39 is 0 Å². The molecule has 0 aromatic carbocycles. The fraction of sp³-hybridized carbons (Fsp3) is 0. The molecule has 0 aromatic heterocycles. The third kappa shape index (κ3) is 186. The molecule has 0 rings (SSSR count). The summed E-state index contributed by atoms with van der Waals surface area (Å²) in [6, 6.07) is 0. The number of hydrogen-bond donors (Lipinski definition) is 0. The van der Waals surface area contributed by atoms with Crippen molar-refractivity contribution < 1.29 is 17.1 Å². The Balaban J connectivity index is -0.00000000418. The van der Waals surface area contributed by atoms with Gasteiger partial charge in [-0.05, 0) is 0 Å². The SMILES string of the molecule is [Al+3].[Cu+2].[In+3].[Se]=[SeH-].[Se]=[SeH-].[Se]=[SeH-].[Se]=[SeH-].[Se]=[SeH-].[Se]=[SeH-].[Se]=[SeH-].[Se]=[SeH-]. The first-order valence-corrected chi connectivity index (χ1v) is 39.4. The van der Waals surface area contributed by atoms with Gasteiger partial charge in [0.1, 0.15) is 0 Å². The first-order valence-electron chi connectivity index (χ1n) is 1.46. The van der Waals surface area contributed by atoms with Gasteiger partial charge in [0.15, 0.2) is 0 Å². The third-order valence-electron chi connectivity index (χ3n) is 0. The zero-order valence-corrected chi connectivity index (χ0v) is 42.4. The standard InChI is InChI=1S/Al.Cu.In.8HSe2/c;;;8*1-2/h;;;8*1H/q+3;+2;+3;8*-1. The molecule has 0 atom stereocenters. The fourth-order valence-corrected chi connectivity index (χ4v) is 0. The van der Waals surface area contributed by atoms with Crippen LogP contribution >= 0.6 is 0 Å². The van der Waals surface area contributed by atoms with Crippen molar-refractivity contribution in [3.63, 3.8) is 0 Å². The molecule has 0 fully saturated rings. The molecule has 19 heteroatoms. The molecule has 0 saturated heterocycles. The third-order valence-corrected chi connectivity index (χ3v) is 0. The molecule has 0 amide bonds. The maximum atomic E-state index is 2.56. The van der Waals surface area contributed by atoms with Crippen molar-refractivity contribution in [1.82, 2.24) is 0 Å². The molecule has 0 aliphatic heterocycles. The van der Waals surface area contributed by atoms with Crippen LogP contribution in [0.15, 0.2) is 0 Å². The van der Waals surface area contributed by atoms with Crippen LogP contribution in [0.5, 0.6) is 0 Å². The Morgan fingerprint density at radius 2 is 0.316 bits per heavy atom. The molecule has 19 heavy (non-hydrogen) atoms. The molecular weight excluding hydrogens is 1470 g/mol. The monoisotopic (exact) mass is 1490 g/mol. The molecule has 0 aliphatic rings. The molecule has 1 radical (unpaired) electrons. The Kier molecular flexibility index (Phi) is 738. The Morgan fingerprint density at radius 1 is 0.316 bits per heavy atom. The van der Waals surface area contributed by atoms with Gasteiger partial charge in [0, 0.05) is 0 Å². The van der Waals surface area contributed by atoms with E-state index in [1.54, 1.807) is 0 Å². The van der Waals surface area contributed by atoms with Crippen LogP contribution < -0.4 is 0 Å². The first-order chi connectivity index (χ1) is 8.00. The summed E-state index contributed by atoms with van der Waals surface area (Å²) in [5.74, 6) is 0.